The van der Waals surface area contributed by atoms with Crippen LogP contribution in [0.1, 0.15) is 37.2 Å². The minimum atomic E-state index is 0.527. The van der Waals surface area contributed by atoms with Crippen molar-refractivity contribution in [2.45, 2.75) is 32.7 Å². The summed E-state index contributed by atoms with van der Waals surface area (Å²) in [6.07, 6.45) is 4.76. The van der Waals surface area contributed by atoms with Gasteiger partial charge in [-0.05, 0) is 45.0 Å². The van der Waals surface area contributed by atoms with E-state index in [1.807, 2.05) is 0 Å². The number of imidazole rings is 1. The van der Waals surface area contributed by atoms with E-state index in [1.165, 1.54) is 30.8 Å². The van der Waals surface area contributed by atoms with E-state index in [2.05, 4.69) is 47.5 Å². The van der Waals surface area contributed by atoms with Gasteiger partial charge in [0.1, 0.15) is 5.65 Å². The molecule has 2 aromatic heterocycles. The van der Waals surface area contributed by atoms with Crippen molar-refractivity contribution in [2.75, 3.05) is 13.1 Å². The maximum Gasteiger partial charge on any atom is 0.137 e. The molecule has 17 heavy (non-hydrogen) atoms. The quantitative estimate of drug-likeness (QED) is 0.789. The van der Waals surface area contributed by atoms with E-state index < -0.39 is 0 Å². The molecule has 2 aromatic rings. The van der Waals surface area contributed by atoms with Crippen LogP contribution < -0.4 is 0 Å². The third-order valence-corrected chi connectivity index (χ3v) is 3.83. The second-order valence-electron chi connectivity index (χ2n) is 4.85. The number of aromatic nitrogens is 2. The van der Waals surface area contributed by atoms with E-state index in [1.54, 1.807) is 0 Å². The smallest absolute Gasteiger partial charge is 0.137 e. The van der Waals surface area contributed by atoms with Crippen molar-refractivity contribution in [3.8, 4) is 0 Å². The Bertz CT molecular complexity index is 529. The molecular formula is C14H19N3. The Morgan fingerprint density at radius 1 is 1.41 bits per heavy atom. The number of nitrogens with zero attached hydrogens (tertiary/aromatic N) is 3. The van der Waals surface area contributed by atoms with Gasteiger partial charge in [0.15, 0.2) is 0 Å². The molecule has 0 N–H and O–H groups in total. The summed E-state index contributed by atoms with van der Waals surface area (Å²) < 4.78 is 2.20. The van der Waals surface area contributed by atoms with Gasteiger partial charge in [0.05, 0.1) is 11.7 Å². The van der Waals surface area contributed by atoms with E-state index in [0.717, 1.165) is 12.2 Å². The summed E-state index contributed by atoms with van der Waals surface area (Å²) >= 11 is 0. The summed E-state index contributed by atoms with van der Waals surface area (Å²) in [5.41, 5.74) is 3.56. The molecule has 0 radical (unpaired) electrons. The molecule has 3 heteroatoms. The highest BCUT2D eigenvalue weighted by Crippen LogP contribution is 2.31. The SMILES string of the molecule is CCN1CCCC1c1cn2c(C)cccc2n1. The predicted octanol–water partition coefficient (Wildman–Crippen LogP) is 2.80. The molecule has 3 rings (SSSR count). The summed E-state index contributed by atoms with van der Waals surface area (Å²) in [6.45, 7) is 6.70. The van der Waals surface area contributed by atoms with Crippen LogP contribution in [0.25, 0.3) is 5.65 Å². The molecular weight excluding hydrogens is 210 g/mol. The molecule has 3 nitrogen and oxygen atoms in total. The Hall–Kier alpha value is -1.35. The molecule has 0 amide bonds. The van der Waals surface area contributed by atoms with Crippen molar-refractivity contribution in [1.29, 1.82) is 0 Å². The zero-order valence-corrected chi connectivity index (χ0v) is 10.6. The number of pyridine rings is 1. The largest absolute Gasteiger partial charge is 0.304 e. The number of hydrogen-bond acceptors (Lipinski definition) is 2. The highest BCUT2D eigenvalue weighted by molar-refractivity contribution is 5.42. The molecule has 0 spiro atoms. The number of hydrogen-bond donors (Lipinski definition) is 0. The fourth-order valence-corrected chi connectivity index (χ4v) is 2.87. The van der Waals surface area contributed by atoms with Crippen LogP contribution in [-0.4, -0.2) is 27.4 Å². The molecule has 0 bridgehead atoms. The first-order valence-corrected chi connectivity index (χ1v) is 6.48. The predicted molar refractivity (Wildman–Crippen MR) is 69.2 cm³/mol. The molecule has 90 valence electrons. The number of rotatable bonds is 2. The first kappa shape index (κ1) is 10.8. The van der Waals surface area contributed by atoms with Gasteiger partial charge in [-0.15, -0.1) is 0 Å². The molecule has 3 heterocycles. The summed E-state index contributed by atoms with van der Waals surface area (Å²) in [5.74, 6) is 0. The molecule has 0 saturated carbocycles. The van der Waals surface area contributed by atoms with Crippen LogP contribution in [0.4, 0.5) is 0 Å². The third-order valence-electron chi connectivity index (χ3n) is 3.83. The molecule has 1 saturated heterocycles. The fraction of sp³-hybridized carbons (Fsp3) is 0.500. The van der Waals surface area contributed by atoms with Gasteiger partial charge in [-0.1, -0.05) is 13.0 Å². The summed E-state index contributed by atoms with van der Waals surface area (Å²) in [5, 5.41) is 0. The number of fused-ring (bicyclic) bond motifs is 1. The second kappa shape index (κ2) is 4.15. The minimum absolute atomic E-state index is 0.527. The lowest BCUT2D eigenvalue weighted by Gasteiger charge is -2.20. The molecule has 1 aliphatic rings. The van der Waals surface area contributed by atoms with E-state index in [9.17, 15) is 0 Å². The lowest BCUT2D eigenvalue weighted by atomic mass is 10.1. The van der Waals surface area contributed by atoms with Gasteiger partial charge in [-0.25, -0.2) is 4.98 Å². The van der Waals surface area contributed by atoms with E-state index in [-0.39, 0.29) is 0 Å². The Kier molecular flexibility index (Phi) is 2.63. The van der Waals surface area contributed by atoms with Crippen molar-refractivity contribution in [1.82, 2.24) is 14.3 Å². The van der Waals surface area contributed by atoms with Gasteiger partial charge in [-0.2, -0.15) is 0 Å². The average Bonchev–Trinajstić information content (AvgIpc) is 2.94. The van der Waals surface area contributed by atoms with Crippen LogP contribution in [0.5, 0.6) is 0 Å². The van der Waals surface area contributed by atoms with E-state index >= 15 is 0 Å². The van der Waals surface area contributed by atoms with Crippen LogP contribution in [0.15, 0.2) is 24.4 Å². The molecule has 1 fully saturated rings. The molecule has 1 atom stereocenters. The normalized spacial score (nSPS) is 21.4. The maximum atomic E-state index is 4.78. The Balaban J connectivity index is 2.03. The monoisotopic (exact) mass is 229 g/mol. The zero-order valence-electron chi connectivity index (χ0n) is 10.6. The van der Waals surface area contributed by atoms with Gasteiger partial charge >= 0.3 is 0 Å². The molecule has 1 aliphatic heterocycles. The second-order valence-corrected chi connectivity index (χ2v) is 4.85. The Morgan fingerprint density at radius 3 is 3.06 bits per heavy atom. The van der Waals surface area contributed by atoms with Gasteiger partial charge in [0.2, 0.25) is 0 Å². The Labute approximate surface area is 102 Å². The summed E-state index contributed by atoms with van der Waals surface area (Å²) in [6, 6.07) is 6.82. The molecule has 1 unspecified atom stereocenters. The van der Waals surface area contributed by atoms with Crippen LogP contribution in [0.2, 0.25) is 0 Å². The van der Waals surface area contributed by atoms with Crippen LogP contribution >= 0.6 is 0 Å². The lowest BCUT2D eigenvalue weighted by molar-refractivity contribution is 0.268. The van der Waals surface area contributed by atoms with Gasteiger partial charge < -0.3 is 4.40 Å². The van der Waals surface area contributed by atoms with Crippen molar-refractivity contribution in [2.24, 2.45) is 0 Å². The van der Waals surface area contributed by atoms with Crippen LogP contribution in [0.3, 0.4) is 0 Å². The summed E-state index contributed by atoms with van der Waals surface area (Å²) in [7, 11) is 0. The topological polar surface area (TPSA) is 20.5 Å². The fourth-order valence-electron chi connectivity index (χ4n) is 2.87. The number of aryl methyl sites for hydroxylation is 1. The maximum absolute atomic E-state index is 4.78. The van der Waals surface area contributed by atoms with Crippen molar-refractivity contribution in [3.05, 3.63) is 35.8 Å². The zero-order chi connectivity index (χ0) is 11.8. The van der Waals surface area contributed by atoms with E-state index in [0.29, 0.717) is 6.04 Å². The van der Waals surface area contributed by atoms with Gasteiger partial charge in [0, 0.05) is 11.9 Å². The van der Waals surface area contributed by atoms with Crippen LogP contribution in [-0.2, 0) is 0 Å². The van der Waals surface area contributed by atoms with Gasteiger partial charge in [0.25, 0.3) is 0 Å². The van der Waals surface area contributed by atoms with Crippen molar-refractivity contribution in [3.63, 3.8) is 0 Å². The lowest BCUT2D eigenvalue weighted by Crippen LogP contribution is -2.22. The van der Waals surface area contributed by atoms with Crippen LogP contribution in [0, 0.1) is 6.92 Å². The Morgan fingerprint density at radius 2 is 2.29 bits per heavy atom. The highest BCUT2D eigenvalue weighted by Gasteiger charge is 2.26. The standard InChI is InChI=1S/C14H19N3/c1-3-16-9-5-7-13(16)12-10-17-11(2)6-4-8-14(17)15-12/h4,6,8,10,13H,3,5,7,9H2,1-2H3. The van der Waals surface area contributed by atoms with E-state index in [4.69, 9.17) is 4.98 Å². The first-order valence-electron chi connectivity index (χ1n) is 6.48. The number of likely N-dealkylation sites (tertiary alicyclic amines) is 1. The van der Waals surface area contributed by atoms with Gasteiger partial charge in [-0.3, -0.25) is 4.90 Å². The molecule has 0 aliphatic carbocycles. The molecule has 0 aromatic carbocycles. The average molecular weight is 229 g/mol. The van der Waals surface area contributed by atoms with Crippen molar-refractivity contribution < 1.29 is 0 Å². The summed E-state index contributed by atoms with van der Waals surface area (Å²) in [4.78, 5) is 7.30. The first-order chi connectivity index (χ1) is 8.29. The minimum Gasteiger partial charge on any atom is -0.304 e. The van der Waals surface area contributed by atoms with Crippen molar-refractivity contribution >= 4 is 5.65 Å². The third kappa shape index (κ3) is 1.75. The highest BCUT2D eigenvalue weighted by atomic mass is 15.2.